The maximum absolute atomic E-state index is 11.7. The minimum absolute atomic E-state index is 0.169. The number of aromatic carboxylic acids is 1. The van der Waals surface area contributed by atoms with Crippen molar-refractivity contribution in [3.05, 3.63) is 59.1 Å². The van der Waals surface area contributed by atoms with Gasteiger partial charge in [-0.05, 0) is 42.8 Å². The molecule has 1 heterocycles. The normalized spacial score (nSPS) is 10.8. The predicted molar refractivity (Wildman–Crippen MR) is 94.9 cm³/mol. The van der Waals surface area contributed by atoms with E-state index in [-0.39, 0.29) is 5.56 Å². The first kappa shape index (κ1) is 16.3. The molecule has 1 aromatic heterocycles. The monoisotopic (exact) mass is 341 g/mol. The van der Waals surface area contributed by atoms with Crippen LogP contribution in [0.4, 0.5) is 0 Å². The first-order chi connectivity index (χ1) is 11.6. The molecule has 1 N–H and O–H groups in total. The highest BCUT2D eigenvalue weighted by Gasteiger charge is 2.15. The molecule has 5 heteroatoms. The number of hydrogen-bond donors (Lipinski definition) is 1. The zero-order valence-corrected chi connectivity index (χ0v) is 13.9. The number of halogens is 1. The van der Waals surface area contributed by atoms with E-state index >= 15 is 0 Å². The Labute approximate surface area is 144 Å². The summed E-state index contributed by atoms with van der Waals surface area (Å²) in [5.74, 6) is -0.325. The second-order valence-electron chi connectivity index (χ2n) is 5.37. The van der Waals surface area contributed by atoms with Crippen molar-refractivity contribution in [3.63, 3.8) is 0 Å². The van der Waals surface area contributed by atoms with Crippen LogP contribution in [-0.2, 0) is 0 Å². The summed E-state index contributed by atoms with van der Waals surface area (Å²) in [6.07, 6.45) is 0.887. The lowest BCUT2D eigenvalue weighted by Crippen LogP contribution is -2.02. The molecular formula is C19H16ClNO3. The van der Waals surface area contributed by atoms with Crippen LogP contribution in [0.15, 0.2) is 48.5 Å². The molecule has 0 unspecified atom stereocenters. The summed E-state index contributed by atoms with van der Waals surface area (Å²) >= 11 is 5.99. The summed E-state index contributed by atoms with van der Waals surface area (Å²) in [4.78, 5) is 16.3. The molecule has 24 heavy (non-hydrogen) atoms. The first-order valence-corrected chi connectivity index (χ1v) is 8.03. The van der Waals surface area contributed by atoms with Crippen LogP contribution in [0.1, 0.15) is 23.7 Å². The molecule has 0 atom stereocenters. The standard InChI is InChI=1S/C19H16ClNO3/c1-2-9-24-18-6-4-3-5-13(18)17-11-15(19(22)23)14-10-12(20)7-8-16(14)21-17/h3-8,10-11H,2,9H2,1H3,(H,22,23). The van der Waals surface area contributed by atoms with E-state index < -0.39 is 5.97 Å². The van der Waals surface area contributed by atoms with Crippen molar-refractivity contribution in [3.8, 4) is 17.0 Å². The van der Waals surface area contributed by atoms with Crippen LogP contribution in [0.2, 0.25) is 5.02 Å². The Bertz CT molecular complexity index is 908. The van der Waals surface area contributed by atoms with Crippen LogP contribution >= 0.6 is 11.6 Å². The molecule has 0 amide bonds. The van der Waals surface area contributed by atoms with Crippen LogP contribution in [-0.4, -0.2) is 22.7 Å². The van der Waals surface area contributed by atoms with E-state index in [0.29, 0.717) is 34.0 Å². The van der Waals surface area contributed by atoms with Crippen LogP contribution in [0.25, 0.3) is 22.2 Å². The Morgan fingerprint density at radius 3 is 2.75 bits per heavy atom. The van der Waals surface area contributed by atoms with E-state index in [2.05, 4.69) is 4.98 Å². The van der Waals surface area contributed by atoms with Gasteiger partial charge in [-0.3, -0.25) is 0 Å². The molecule has 0 saturated heterocycles. The van der Waals surface area contributed by atoms with Crippen LogP contribution < -0.4 is 4.74 Å². The second kappa shape index (κ2) is 6.89. The summed E-state index contributed by atoms with van der Waals surface area (Å²) in [5, 5.41) is 10.6. The fourth-order valence-corrected chi connectivity index (χ4v) is 2.70. The topological polar surface area (TPSA) is 59.4 Å². The number of carboxylic acid groups (broad SMARTS) is 1. The number of nitrogens with zero attached hydrogens (tertiary/aromatic N) is 1. The van der Waals surface area contributed by atoms with Crippen molar-refractivity contribution in [1.82, 2.24) is 4.98 Å². The lowest BCUT2D eigenvalue weighted by Gasteiger charge is -2.12. The number of benzene rings is 2. The van der Waals surface area contributed by atoms with E-state index in [4.69, 9.17) is 16.3 Å². The molecule has 0 bridgehead atoms. The number of pyridine rings is 1. The molecule has 0 aliphatic rings. The smallest absolute Gasteiger partial charge is 0.336 e. The van der Waals surface area contributed by atoms with E-state index in [1.807, 2.05) is 31.2 Å². The maximum atomic E-state index is 11.7. The van der Waals surface area contributed by atoms with E-state index in [1.54, 1.807) is 24.3 Å². The summed E-state index contributed by atoms with van der Waals surface area (Å²) in [5.41, 5.74) is 2.08. The van der Waals surface area contributed by atoms with Crippen molar-refractivity contribution >= 4 is 28.5 Å². The van der Waals surface area contributed by atoms with Gasteiger partial charge in [0.25, 0.3) is 0 Å². The van der Waals surface area contributed by atoms with Gasteiger partial charge < -0.3 is 9.84 Å². The highest BCUT2D eigenvalue weighted by molar-refractivity contribution is 6.31. The fourth-order valence-electron chi connectivity index (χ4n) is 2.53. The Morgan fingerprint density at radius 2 is 2.00 bits per heavy atom. The van der Waals surface area contributed by atoms with Gasteiger partial charge in [-0.1, -0.05) is 30.7 Å². The third-order valence-corrected chi connectivity index (χ3v) is 3.86. The lowest BCUT2D eigenvalue weighted by molar-refractivity contribution is 0.0699. The van der Waals surface area contributed by atoms with Gasteiger partial charge in [0.1, 0.15) is 5.75 Å². The van der Waals surface area contributed by atoms with Gasteiger partial charge in [0.15, 0.2) is 0 Å². The zero-order valence-electron chi connectivity index (χ0n) is 13.1. The lowest BCUT2D eigenvalue weighted by atomic mass is 10.0. The molecule has 0 aliphatic carbocycles. The summed E-state index contributed by atoms with van der Waals surface area (Å²) in [7, 11) is 0. The molecule has 2 aromatic carbocycles. The number of rotatable bonds is 5. The third kappa shape index (κ3) is 3.19. The number of carbonyl (C=O) groups is 1. The highest BCUT2D eigenvalue weighted by Crippen LogP contribution is 2.32. The second-order valence-corrected chi connectivity index (χ2v) is 5.80. The number of hydrogen-bond acceptors (Lipinski definition) is 3. The quantitative estimate of drug-likeness (QED) is 0.706. The van der Waals surface area contributed by atoms with Crippen LogP contribution in [0, 0.1) is 0 Å². The molecular weight excluding hydrogens is 326 g/mol. The Hall–Kier alpha value is -2.59. The third-order valence-electron chi connectivity index (χ3n) is 3.63. The zero-order chi connectivity index (χ0) is 17.1. The molecule has 3 rings (SSSR count). The van der Waals surface area contributed by atoms with Crippen LogP contribution in [0.5, 0.6) is 5.75 Å². The van der Waals surface area contributed by atoms with Crippen molar-refractivity contribution in [1.29, 1.82) is 0 Å². The van der Waals surface area contributed by atoms with Gasteiger partial charge in [-0.25, -0.2) is 9.78 Å². The minimum Gasteiger partial charge on any atom is -0.493 e. The number of aromatic nitrogens is 1. The van der Waals surface area contributed by atoms with E-state index in [1.165, 1.54) is 0 Å². The molecule has 0 radical (unpaired) electrons. The summed E-state index contributed by atoms with van der Waals surface area (Å²) < 4.78 is 5.76. The van der Waals surface area contributed by atoms with Crippen molar-refractivity contribution in [2.45, 2.75) is 13.3 Å². The van der Waals surface area contributed by atoms with Crippen molar-refractivity contribution in [2.24, 2.45) is 0 Å². The first-order valence-electron chi connectivity index (χ1n) is 7.66. The number of ether oxygens (including phenoxy) is 1. The molecule has 0 fully saturated rings. The average Bonchev–Trinajstić information content (AvgIpc) is 2.59. The van der Waals surface area contributed by atoms with Gasteiger partial charge in [0.05, 0.1) is 23.4 Å². The average molecular weight is 342 g/mol. The molecule has 3 aromatic rings. The highest BCUT2D eigenvalue weighted by atomic mass is 35.5. The minimum atomic E-state index is -1.02. The van der Waals surface area contributed by atoms with Gasteiger partial charge in [-0.15, -0.1) is 0 Å². The van der Waals surface area contributed by atoms with E-state index in [9.17, 15) is 9.90 Å². The molecule has 4 nitrogen and oxygen atoms in total. The SMILES string of the molecule is CCCOc1ccccc1-c1cc(C(=O)O)c2cc(Cl)ccc2n1. The molecule has 0 aliphatic heterocycles. The summed E-state index contributed by atoms with van der Waals surface area (Å²) in [6, 6.07) is 14.1. The van der Waals surface area contributed by atoms with Crippen LogP contribution in [0.3, 0.4) is 0 Å². The maximum Gasteiger partial charge on any atom is 0.336 e. The molecule has 122 valence electrons. The summed E-state index contributed by atoms with van der Waals surface area (Å²) in [6.45, 7) is 2.62. The largest absolute Gasteiger partial charge is 0.493 e. The predicted octanol–water partition coefficient (Wildman–Crippen LogP) is 5.04. The van der Waals surface area contributed by atoms with Crippen molar-refractivity contribution < 1.29 is 14.6 Å². The van der Waals surface area contributed by atoms with E-state index in [0.717, 1.165) is 12.0 Å². The molecule has 0 saturated carbocycles. The number of carboxylic acids is 1. The van der Waals surface area contributed by atoms with Crippen molar-refractivity contribution in [2.75, 3.05) is 6.61 Å². The number of para-hydroxylation sites is 1. The fraction of sp³-hybridized carbons (Fsp3) is 0.158. The number of fused-ring (bicyclic) bond motifs is 1. The van der Waals surface area contributed by atoms with Gasteiger partial charge in [0.2, 0.25) is 0 Å². The molecule has 0 spiro atoms. The van der Waals surface area contributed by atoms with Gasteiger partial charge >= 0.3 is 5.97 Å². The Kier molecular flexibility index (Phi) is 4.67. The van der Waals surface area contributed by atoms with Gasteiger partial charge in [-0.2, -0.15) is 0 Å². The Morgan fingerprint density at radius 1 is 1.21 bits per heavy atom. The Balaban J connectivity index is 2.21. The van der Waals surface area contributed by atoms with Gasteiger partial charge in [0, 0.05) is 16.0 Å².